The molecule has 0 amide bonds. The Morgan fingerprint density at radius 2 is 2.05 bits per heavy atom. The third kappa shape index (κ3) is 3.13. The van der Waals surface area contributed by atoms with E-state index in [1.807, 2.05) is 0 Å². The molecule has 2 N–H and O–H groups in total. The first kappa shape index (κ1) is 14.4. The second kappa shape index (κ2) is 5.20. The van der Waals surface area contributed by atoms with Gasteiger partial charge in [-0.3, -0.25) is 4.68 Å². The van der Waals surface area contributed by atoms with E-state index in [0.29, 0.717) is 11.8 Å². The van der Waals surface area contributed by atoms with Gasteiger partial charge in [0.2, 0.25) is 0 Å². The smallest absolute Gasteiger partial charge is 0.389 e. The molecule has 8 heteroatoms. The Balaban J connectivity index is 2.22. The maximum atomic E-state index is 13.8. The number of nitrogens with zero attached hydrogens (tertiary/aromatic N) is 2. The molecule has 0 fully saturated rings. The molecule has 1 aromatic carbocycles. The van der Waals surface area contributed by atoms with E-state index in [1.165, 1.54) is 12.1 Å². The number of thiocarbonyl (C=S) groups is 1. The monoisotopic (exact) mass is 303 g/mol. The molecule has 0 unspecified atom stereocenters. The van der Waals surface area contributed by atoms with Gasteiger partial charge >= 0.3 is 6.18 Å². The van der Waals surface area contributed by atoms with Crippen LogP contribution in [-0.4, -0.2) is 14.8 Å². The van der Waals surface area contributed by atoms with Crippen molar-refractivity contribution in [1.82, 2.24) is 9.78 Å². The zero-order chi connectivity index (χ0) is 14.9. The molecule has 0 aliphatic carbocycles. The molecule has 2 aromatic rings. The van der Waals surface area contributed by atoms with Crippen LogP contribution in [0.3, 0.4) is 0 Å². The van der Waals surface area contributed by atoms with Gasteiger partial charge in [0, 0.05) is 17.3 Å². The standard InChI is InChI=1S/C12H9F4N3S/c13-10-3-7(11(17)20)1-2-8(10)5-19-6-9(4-18-19)12(14,15)16/h1-4,6H,5H2,(H2,17,20). The molecule has 0 saturated carbocycles. The van der Waals surface area contributed by atoms with Gasteiger partial charge in [-0.1, -0.05) is 24.4 Å². The van der Waals surface area contributed by atoms with Crippen molar-refractivity contribution in [2.24, 2.45) is 5.73 Å². The zero-order valence-electron chi connectivity index (χ0n) is 9.99. The molecule has 1 aromatic heterocycles. The Morgan fingerprint density at radius 3 is 2.55 bits per heavy atom. The summed E-state index contributed by atoms with van der Waals surface area (Å²) < 4.78 is 52.0. The van der Waals surface area contributed by atoms with Crippen LogP contribution >= 0.6 is 12.2 Å². The predicted octanol–water partition coefficient (Wildman–Crippen LogP) is 2.72. The van der Waals surface area contributed by atoms with E-state index in [4.69, 9.17) is 18.0 Å². The van der Waals surface area contributed by atoms with Crippen LogP contribution in [0.2, 0.25) is 0 Å². The summed E-state index contributed by atoms with van der Waals surface area (Å²) in [5.74, 6) is -0.598. The van der Waals surface area contributed by atoms with Crippen molar-refractivity contribution >= 4 is 17.2 Å². The van der Waals surface area contributed by atoms with Crippen molar-refractivity contribution in [2.45, 2.75) is 12.7 Å². The Labute approximate surface area is 117 Å². The third-order valence-electron chi connectivity index (χ3n) is 2.63. The van der Waals surface area contributed by atoms with Gasteiger partial charge in [-0.2, -0.15) is 18.3 Å². The summed E-state index contributed by atoms with van der Waals surface area (Å²) in [7, 11) is 0. The van der Waals surface area contributed by atoms with Gasteiger partial charge < -0.3 is 5.73 Å². The fraction of sp³-hybridized carbons (Fsp3) is 0.167. The number of alkyl halides is 3. The molecule has 0 aliphatic heterocycles. The highest BCUT2D eigenvalue weighted by molar-refractivity contribution is 7.80. The van der Waals surface area contributed by atoms with Crippen LogP contribution in [0.1, 0.15) is 16.7 Å². The molecule has 3 nitrogen and oxygen atoms in total. The van der Waals surface area contributed by atoms with Crippen molar-refractivity contribution in [1.29, 1.82) is 0 Å². The van der Waals surface area contributed by atoms with Crippen LogP contribution in [0.25, 0.3) is 0 Å². The summed E-state index contributed by atoms with van der Waals surface area (Å²) in [5, 5.41) is 3.56. The Kier molecular flexibility index (Phi) is 3.76. The van der Waals surface area contributed by atoms with Gasteiger partial charge in [0.15, 0.2) is 0 Å². The quantitative estimate of drug-likeness (QED) is 0.700. The molecule has 2 rings (SSSR count). The number of hydrogen-bond donors (Lipinski definition) is 1. The lowest BCUT2D eigenvalue weighted by atomic mass is 10.1. The van der Waals surface area contributed by atoms with Crippen molar-refractivity contribution in [3.63, 3.8) is 0 Å². The lowest BCUT2D eigenvalue weighted by molar-refractivity contribution is -0.137. The van der Waals surface area contributed by atoms with Crippen LogP contribution < -0.4 is 5.73 Å². The van der Waals surface area contributed by atoms with Crippen LogP contribution in [-0.2, 0) is 12.7 Å². The van der Waals surface area contributed by atoms with Gasteiger partial charge in [0.05, 0.1) is 18.3 Å². The van der Waals surface area contributed by atoms with Crippen LogP contribution in [0.15, 0.2) is 30.6 Å². The average molecular weight is 303 g/mol. The highest BCUT2D eigenvalue weighted by atomic mass is 32.1. The normalized spacial score (nSPS) is 11.6. The predicted molar refractivity (Wildman–Crippen MR) is 68.6 cm³/mol. The van der Waals surface area contributed by atoms with Gasteiger partial charge in [-0.05, 0) is 6.07 Å². The first-order valence-corrected chi connectivity index (χ1v) is 5.86. The summed E-state index contributed by atoms with van der Waals surface area (Å²) in [6.07, 6.45) is -2.95. The molecule has 0 atom stereocenters. The molecular weight excluding hydrogens is 294 g/mol. The minimum Gasteiger partial charge on any atom is -0.389 e. The van der Waals surface area contributed by atoms with Gasteiger partial charge in [-0.15, -0.1) is 0 Å². The summed E-state index contributed by atoms with van der Waals surface area (Å²) in [4.78, 5) is 0.0499. The number of nitrogens with two attached hydrogens (primary N) is 1. The molecule has 0 bridgehead atoms. The van der Waals surface area contributed by atoms with Crippen molar-refractivity contribution in [2.75, 3.05) is 0 Å². The van der Waals surface area contributed by atoms with E-state index in [9.17, 15) is 17.6 Å². The number of hydrogen-bond acceptors (Lipinski definition) is 2. The molecule has 0 spiro atoms. The Bertz CT molecular complexity index is 648. The minimum atomic E-state index is -4.47. The Morgan fingerprint density at radius 1 is 1.35 bits per heavy atom. The van der Waals surface area contributed by atoms with Gasteiger partial charge in [-0.25, -0.2) is 4.39 Å². The van der Waals surface area contributed by atoms with Crippen molar-refractivity contribution in [3.8, 4) is 0 Å². The number of aromatic nitrogens is 2. The second-order valence-electron chi connectivity index (χ2n) is 4.09. The van der Waals surface area contributed by atoms with Crippen molar-refractivity contribution in [3.05, 3.63) is 53.1 Å². The minimum absolute atomic E-state index is 0.0499. The summed E-state index contributed by atoms with van der Waals surface area (Å²) in [6, 6.07) is 4.07. The summed E-state index contributed by atoms with van der Waals surface area (Å²) in [6.45, 7) is -0.112. The molecular formula is C12H9F4N3S. The lowest BCUT2D eigenvalue weighted by Gasteiger charge is -2.06. The molecule has 20 heavy (non-hydrogen) atoms. The first-order chi connectivity index (χ1) is 9.27. The summed E-state index contributed by atoms with van der Waals surface area (Å²) in [5.41, 5.74) is 5.04. The Hall–Kier alpha value is -1.96. The fourth-order valence-electron chi connectivity index (χ4n) is 1.60. The maximum absolute atomic E-state index is 13.8. The summed E-state index contributed by atoms with van der Waals surface area (Å²) >= 11 is 4.71. The van der Waals surface area contributed by atoms with E-state index >= 15 is 0 Å². The van der Waals surface area contributed by atoms with E-state index in [2.05, 4.69) is 5.10 Å². The molecule has 0 radical (unpaired) electrons. The third-order valence-corrected chi connectivity index (χ3v) is 2.87. The number of halogens is 4. The highest BCUT2D eigenvalue weighted by Gasteiger charge is 2.32. The maximum Gasteiger partial charge on any atom is 0.419 e. The van der Waals surface area contributed by atoms with E-state index in [1.54, 1.807) is 0 Å². The molecule has 0 aliphatic rings. The van der Waals surface area contributed by atoms with Gasteiger partial charge in [0.1, 0.15) is 10.8 Å². The topological polar surface area (TPSA) is 43.8 Å². The number of benzene rings is 1. The van der Waals surface area contributed by atoms with Crippen molar-refractivity contribution < 1.29 is 17.6 Å². The number of rotatable bonds is 3. The zero-order valence-corrected chi connectivity index (χ0v) is 10.8. The average Bonchev–Trinajstić information content (AvgIpc) is 2.80. The highest BCUT2D eigenvalue weighted by Crippen LogP contribution is 2.28. The fourth-order valence-corrected chi connectivity index (χ4v) is 1.73. The molecule has 106 valence electrons. The van der Waals surface area contributed by atoms with E-state index < -0.39 is 17.6 Å². The van der Waals surface area contributed by atoms with E-state index in [-0.39, 0.29) is 17.1 Å². The lowest BCUT2D eigenvalue weighted by Crippen LogP contribution is -2.11. The SMILES string of the molecule is NC(=S)c1ccc(Cn2cc(C(F)(F)F)cn2)c(F)c1. The van der Waals surface area contributed by atoms with Crippen LogP contribution in [0, 0.1) is 5.82 Å². The molecule has 0 saturated heterocycles. The largest absolute Gasteiger partial charge is 0.419 e. The van der Waals surface area contributed by atoms with Crippen LogP contribution in [0.5, 0.6) is 0 Å². The second-order valence-corrected chi connectivity index (χ2v) is 4.53. The van der Waals surface area contributed by atoms with Gasteiger partial charge in [0.25, 0.3) is 0 Å². The first-order valence-electron chi connectivity index (χ1n) is 5.45. The van der Waals surface area contributed by atoms with E-state index in [0.717, 1.165) is 16.9 Å². The molecule has 1 heterocycles. The van der Waals surface area contributed by atoms with Crippen LogP contribution in [0.4, 0.5) is 17.6 Å².